The molecular formula is C21H19N5O6S2. The van der Waals surface area contributed by atoms with Crippen molar-refractivity contribution in [1.29, 1.82) is 0 Å². The summed E-state index contributed by atoms with van der Waals surface area (Å²) in [6.07, 6.45) is 2.83. The number of nitrogens with one attached hydrogen (secondary N) is 3. The normalized spacial score (nSPS) is 10.6. The van der Waals surface area contributed by atoms with E-state index in [1.165, 1.54) is 69.1 Å². The average molecular weight is 502 g/mol. The zero-order valence-electron chi connectivity index (χ0n) is 17.9. The van der Waals surface area contributed by atoms with Crippen LogP contribution in [-0.4, -0.2) is 49.7 Å². The van der Waals surface area contributed by atoms with Crippen LogP contribution in [0.2, 0.25) is 0 Å². The molecule has 0 spiro atoms. The maximum absolute atomic E-state index is 12.5. The van der Waals surface area contributed by atoms with E-state index < -0.39 is 22.0 Å². The molecular weight excluding hydrogens is 482 g/mol. The van der Waals surface area contributed by atoms with Gasteiger partial charge in [0.2, 0.25) is 5.95 Å². The molecule has 176 valence electrons. The highest BCUT2D eigenvalue weighted by Gasteiger charge is 2.16. The molecule has 1 heterocycles. The third kappa shape index (κ3) is 6.24. The molecule has 3 aromatic rings. The lowest BCUT2D eigenvalue weighted by molar-refractivity contribution is 0.0599. The Morgan fingerprint density at radius 2 is 1.38 bits per heavy atom. The number of carbonyl (C=O) groups is 2. The maximum Gasteiger partial charge on any atom is 0.337 e. The number of aromatic nitrogens is 2. The molecule has 13 heteroatoms. The number of carbonyl (C=O) groups excluding carboxylic acids is 2. The van der Waals surface area contributed by atoms with E-state index >= 15 is 0 Å². The Balaban J connectivity index is 1.71. The van der Waals surface area contributed by atoms with Gasteiger partial charge < -0.3 is 20.1 Å². The monoisotopic (exact) mass is 501 g/mol. The number of anilines is 3. The van der Waals surface area contributed by atoms with Crippen LogP contribution in [0.25, 0.3) is 0 Å². The number of nitrogens with zero attached hydrogens (tertiary/aromatic N) is 2. The van der Waals surface area contributed by atoms with Crippen LogP contribution in [0, 0.1) is 0 Å². The molecule has 0 aliphatic heterocycles. The van der Waals surface area contributed by atoms with Crippen molar-refractivity contribution in [3.05, 3.63) is 72.1 Å². The van der Waals surface area contributed by atoms with Gasteiger partial charge in [-0.1, -0.05) is 0 Å². The van der Waals surface area contributed by atoms with Gasteiger partial charge in [0.25, 0.3) is 10.0 Å². The van der Waals surface area contributed by atoms with E-state index in [4.69, 9.17) is 21.7 Å². The third-order valence-electron chi connectivity index (χ3n) is 4.25. The molecule has 1 aromatic heterocycles. The molecule has 3 N–H and O–H groups in total. The Bertz CT molecular complexity index is 1280. The Morgan fingerprint density at radius 3 is 1.91 bits per heavy atom. The van der Waals surface area contributed by atoms with E-state index in [2.05, 4.69) is 25.3 Å². The lowest BCUT2D eigenvalue weighted by Gasteiger charge is -2.13. The van der Waals surface area contributed by atoms with Gasteiger partial charge in [-0.2, -0.15) is 0 Å². The van der Waals surface area contributed by atoms with Crippen molar-refractivity contribution >= 4 is 56.6 Å². The molecule has 0 aliphatic carbocycles. The Labute approximate surface area is 200 Å². The first kappa shape index (κ1) is 24.5. The lowest BCUT2D eigenvalue weighted by Crippen LogP contribution is -2.20. The van der Waals surface area contributed by atoms with Crippen molar-refractivity contribution < 1.29 is 27.5 Å². The number of esters is 2. The topological polar surface area (TPSA) is 149 Å². The van der Waals surface area contributed by atoms with Crippen molar-refractivity contribution in [2.45, 2.75) is 4.90 Å². The summed E-state index contributed by atoms with van der Waals surface area (Å²) >= 11 is 5.28. The molecule has 0 atom stereocenters. The van der Waals surface area contributed by atoms with E-state index in [-0.39, 0.29) is 27.1 Å². The predicted molar refractivity (Wildman–Crippen MR) is 128 cm³/mol. The minimum absolute atomic E-state index is 0.00196. The van der Waals surface area contributed by atoms with Crippen LogP contribution < -0.4 is 15.4 Å². The number of hydrogen-bond donors (Lipinski definition) is 3. The first-order chi connectivity index (χ1) is 16.2. The number of thiocarbonyl (C=S) groups is 1. The van der Waals surface area contributed by atoms with Crippen molar-refractivity contribution in [3.8, 4) is 0 Å². The van der Waals surface area contributed by atoms with E-state index in [1.54, 1.807) is 6.07 Å². The zero-order chi connectivity index (χ0) is 24.7. The SMILES string of the molecule is COC(=O)c1cc(NC(=S)Nc2ccc(S(=O)(=O)Nc3ncccn3)cc2)cc(C(=O)OC)c1. The van der Waals surface area contributed by atoms with Gasteiger partial charge in [-0.25, -0.2) is 32.7 Å². The highest BCUT2D eigenvalue weighted by Crippen LogP contribution is 2.19. The fourth-order valence-electron chi connectivity index (χ4n) is 2.71. The van der Waals surface area contributed by atoms with Crippen LogP contribution in [-0.2, 0) is 19.5 Å². The van der Waals surface area contributed by atoms with Gasteiger partial charge in [0.15, 0.2) is 5.11 Å². The number of methoxy groups -OCH3 is 2. The largest absolute Gasteiger partial charge is 0.465 e. The van der Waals surface area contributed by atoms with E-state index in [0.717, 1.165) is 0 Å². The standard InChI is InChI=1S/C21H19N5O6S2/c1-31-18(27)13-10-14(19(28)32-2)12-16(11-13)25-21(33)24-15-4-6-17(7-5-15)34(29,30)26-20-22-8-3-9-23-20/h3-12H,1-2H3,(H,22,23,26)(H2,24,25,33). The van der Waals surface area contributed by atoms with E-state index in [9.17, 15) is 18.0 Å². The maximum atomic E-state index is 12.5. The molecule has 0 aliphatic rings. The average Bonchev–Trinajstić information content (AvgIpc) is 2.83. The molecule has 3 rings (SSSR count). The zero-order valence-corrected chi connectivity index (χ0v) is 19.6. The molecule has 0 saturated heterocycles. The molecule has 0 bridgehead atoms. The quantitative estimate of drug-likeness (QED) is 0.324. The summed E-state index contributed by atoms with van der Waals surface area (Å²) in [6, 6.07) is 11.6. The van der Waals surface area contributed by atoms with E-state index in [1.807, 2.05) is 0 Å². The van der Waals surface area contributed by atoms with Gasteiger partial charge >= 0.3 is 11.9 Å². The summed E-state index contributed by atoms with van der Waals surface area (Å²) in [5, 5.41) is 5.89. The molecule has 0 unspecified atom stereocenters. The van der Waals surface area contributed by atoms with Crippen LogP contribution in [0.1, 0.15) is 20.7 Å². The molecule has 34 heavy (non-hydrogen) atoms. The van der Waals surface area contributed by atoms with Crippen molar-refractivity contribution in [2.24, 2.45) is 0 Å². The Hall–Kier alpha value is -4.10. The second kappa shape index (κ2) is 10.7. The highest BCUT2D eigenvalue weighted by atomic mass is 32.2. The second-order valence-corrected chi connectivity index (χ2v) is 8.65. The molecule has 0 amide bonds. The summed E-state index contributed by atoms with van der Waals surface area (Å²) in [5.74, 6) is -1.33. The van der Waals surface area contributed by atoms with Crippen LogP contribution in [0.5, 0.6) is 0 Å². The number of benzene rings is 2. The molecule has 0 saturated carbocycles. The van der Waals surface area contributed by atoms with Crippen molar-refractivity contribution in [2.75, 3.05) is 29.6 Å². The first-order valence-electron chi connectivity index (χ1n) is 9.51. The Morgan fingerprint density at radius 1 is 0.853 bits per heavy atom. The number of sulfonamides is 1. The van der Waals surface area contributed by atoms with Crippen LogP contribution in [0.15, 0.2) is 65.8 Å². The van der Waals surface area contributed by atoms with Gasteiger partial charge in [0.05, 0.1) is 30.2 Å². The van der Waals surface area contributed by atoms with Gasteiger partial charge in [-0.05, 0) is 60.7 Å². The smallest absolute Gasteiger partial charge is 0.337 e. The van der Waals surface area contributed by atoms with Crippen LogP contribution in [0.3, 0.4) is 0 Å². The molecule has 0 radical (unpaired) electrons. The fraction of sp³-hybridized carbons (Fsp3) is 0.0952. The van der Waals surface area contributed by atoms with Gasteiger partial charge in [0, 0.05) is 23.8 Å². The predicted octanol–water partition coefficient (Wildman–Crippen LogP) is 2.66. The summed E-state index contributed by atoms with van der Waals surface area (Å²) in [4.78, 5) is 31.5. The van der Waals surface area contributed by atoms with Crippen LogP contribution in [0.4, 0.5) is 17.3 Å². The van der Waals surface area contributed by atoms with Gasteiger partial charge in [0.1, 0.15) is 0 Å². The summed E-state index contributed by atoms with van der Waals surface area (Å²) in [7, 11) is -1.44. The summed E-state index contributed by atoms with van der Waals surface area (Å²) < 4.78 is 36.6. The first-order valence-corrected chi connectivity index (χ1v) is 11.4. The number of rotatable bonds is 7. The molecule has 2 aromatic carbocycles. The van der Waals surface area contributed by atoms with Crippen molar-refractivity contribution in [3.63, 3.8) is 0 Å². The minimum atomic E-state index is -3.88. The minimum Gasteiger partial charge on any atom is -0.465 e. The third-order valence-corrected chi connectivity index (χ3v) is 5.80. The number of hydrogen-bond acceptors (Lipinski definition) is 9. The van der Waals surface area contributed by atoms with Crippen molar-refractivity contribution in [1.82, 2.24) is 9.97 Å². The molecule has 11 nitrogen and oxygen atoms in total. The number of ether oxygens (including phenoxy) is 2. The van der Waals surface area contributed by atoms with Gasteiger partial charge in [-0.15, -0.1) is 0 Å². The fourth-order valence-corrected chi connectivity index (χ4v) is 3.91. The second-order valence-electron chi connectivity index (χ2n) is 6.56. The van der Waals surface area contributed by atoms with Gasteiger partial charge in [-0.3, -0.25) is 0 Å². The lowest BCUT2D eigenvalue weighted by atomic mass is 10.1. The Kier molecular flexibility index (Phi) is 7.71. The van der Waals surface area contributed by atoms with Crippen LogP contribution >= 0.6 is 12.2 Å². The molecule has 0 fully saturated rings. The highest BCUT2D eigenvalue weighted by molar-refractivity contribution is 7.92. The summed E-state index contributed by atoms with van der Waals surface area (Å²) in [6.45, 7) is 0. The van der Waals surface area contributed by atoms with E-state index in [0.29, 0.717) is 11.4 Å². The summed E-state index contributed by atoms with van der Waals surface area (Å²) in [5.41, 5.74) is 1.08.